The molecule has 0 saturated carbocycles. The predicted molar refractivity (Wildman–Crippen MR) is 66.7 cm³/mol. The molecule has 0 aromatic heterocycles. The number of carbonyl (C=O) groups excluding carboxylic acids is 1. The summed E-state index contributed by atoms with van der Waals surface area (Å²) < 4.78 is 0. The van der Waals surface area contributed by atoms with Gasteiger partial charge in [-0.2, -0.15) is 11.8 Å². The van der Waals surface area contributed by atoms with Crippen LogP contribution in [0.25, 0.3) is 0 Å². The number of hydrogen-bond donors (Lipinski definition) is 2. The lowest BCUT2D eigenvalue weighted by atomic mass is 10.2. The highest BCUT2D eigenvalue weighted by molar-refractivity contribution is 7.99. The molecule has 0 aromatic rings. The van der Waals surface area contributed by atoms with Gasteiger partial charge in [-0.25, -0.2) is 0 Å². The van der Waals surface area contributed by atoms with E-state index in [9.17, 15) is 9.59 Å². The normalized spacial score (nSPS) is 12.1. The standard InChI is InChI=1S/C11H21NO3S/c1-3-4-6-16-7-5-10(13)12-9(2)8-11(14)15/h9H,3-8H2,1-2H3,(H,12,13)(H,14,15). The molecular weight excluding hydrogens is 226 g/mol. The number of carboxylic acids is 1. The Bertz CT molecular complexity index is 221. The summed E-state index contributed by atoms with van der Waals surface area (Å²) in [5, 5.41) is 11.2. The molecule has 1 unspecified atom stereocenters. The number of unbranched alkanes of at least 4 members (excludes halogenated alkanes) is 1. The van der Waals surface area contributed by atoms with Gasteiger partial charge in [0.2, 0.25) is 5.91 Å². The number of carbonyl (C=O) groups is 2. The summed E-state index contributed by atoms with van der Waals surface area (Å²) >= 11 is 1.77. The molecule has 1 atom stereocenters. The van der Waals surface area contributed by atoms with Crippen LogP contribution in [-0.4, -0.2) is 34.5 Å². The summed E-state index contributed by atoms with van der Waals surface area (Å²) in [5.74, 6) is 0.961. The first kappa shape index (κ1) is 15.3. The van der Waals surface area contributed by atoms with Crippen LogP contribution in [0, 0.1) is 0 Å². The van der Waals surface area contributed by atoms with Crippen molar-refractivity contribution in [2.75, 3.05) is 11.5 Å². The molecule has 5 heteroatoms. The van der Waals surface area contributed by atoms with E-state index in [0.29, 0.717) is 6.42 Å². The lowest BCUT2D eigenvalue weighted by Gasteiger charge is -2.11. The van der Waals surface area contributed by atoms with E-state index in [-0.39, 0.29) is 18.4 Å². The minimum Gasteiger partial charge on any atom is -0.481 e. The van der Waals surface area contributed by atoms with E-state index in [2.05, 4.69) is 12.2 Å². The minimum absolute atomic E-state index is 0.0191. The summed E-state index contributed by atoms with van der Waals surface area (Å²) in [5.41, 5.74) is 0. The van der Waals surface area contributed by atoms with Gasteiger partial charge in [0.05, 0.1) is 6.42 Å². The van der Waals surface area contributed by atoms with Gasteiger partial charge in [0, 0.05) is 18.2 Å². The fourth-order valence-electron chi connectivity index (χ4n) is 1.17. The summed E-state index contributed by atoms with van der Waals surface area (Å²) in [6.45, 7) is 3.84. The third kappa shape index (κ3) is 9.83. The van der Waals surface area contributed by atoms with Gasteiger partial charge in [0.25, 0.3) is 0 Å². The molecule has 2 N–H and O–H groups in total. The Balaban J connectivity index is 3.47. The molecule has 0 spiro atoms. The second-order valence-electron chi connectivity index (χ2n) is 3.78. The predicted octanol–water partition coefficient (Wildman–Crippen LogP) is 1.89. The van der Waals surface area contributed by atoms with Gasteiger partial charge in [-0.15, -0.1) is 0 Å². The van der Waals surface area contributed by atoms with Crippen molar-refractivity contribution >= 4 is 23.6 Å². The Morgan fingerprint density at radius 1 is 1.38 bits per heavy atom. The Kier molecular flexibility index (Phi) is 9.09. The monoisotopic (exact) mass is 247 g/mol. The first-order valence-electron chi connectivity index (χ1n) is 5.65. The van der Waals surface area contributed by atoms with Crippen LogP contribution in [0.1, 0.15) is 39.5 Å². The third-order valence-corrected chi connectivity index (χ3v) is 3.07. The SMILES string of the molecule is CCCCSCCC(=O)NC(C)CC(=O)O. The molecule has 0 saturated heterocycles. The molecule has 0 aliphatic carbocycles. The molecule has 0 heterocycles. The molecule has 16 heavy (non-hydrogen) atoms. The number of nitrogens with one attached hydrogen (secondary N) is 1. The van der Waals surface area contributed by atoms with Crippen molar-refractivity contribution in [3.05, 3.63) is 0 Å². The maximum Gasteiger partial charge on any atom is 0.305 e. The molecule has 0 radical (unpaired) electrons. The van der Waals surface area contributed by atoms with Crippen LogP contribution in [-0.2, 0) is 9.59 Å². The van der Waals surface area contributed by atoms with Crippen LogP contribution in [0.5, 0.6) is 0 Å². The number of amides is 1. The largest absolute Gasteiger partial charge is 0.481 e. The van der Waals surface area contributed by atoms with E-state index in [4.69, 9.17) is 5.11 Å². The quantitative estimate of drug-likeness (QED) is 0.611. The maximum atomic E-state index is 11.4. The highest BCUT2D eigenvalue weighted by Gasteiger charge is 2.10. The zero-order chi connectivity index (χ0) is 12.4. The summed E-state index contributed by atoms with van der Waals surface area (Å²) in [7, 11) is 0. The Morgan fingerprint density at radius 3 is 2.62 bits per heavy atom. The molecule has 1 amide bonds. The van der Waals surface area contributed by atoms with Crippen molar-refractivity contribution in [2.24, 2.45) is 0 Å². The molecule has 0 fully saturated rings. The topological polar surface area (TPSA) is 66.4 Å². The molecule has 94 valence electrons. The molecule has 0 aromatic carbocycles. The molecule has 0 aliphatic rings. The molecule has 0 rings (SSSR count). The van der Waals surface area contributed by atoms with Crippen LogP contribution in [0.15, 0.2) is 0 Å². The minimum atomic E-state index is -0.884. The molecule has 0 aliphatic heterocycles. The Hall–Kier alpha value is -0.710. The smallest absolute Gasteiger partial charge is 0.305 e. The van der Waals surface area contributed by atoms with Crippen LogP contribution >= 0.6 is 11.8 Å². The number of rotatable bonds is 9. The maximum absolute atomic E-state index is 11.4. The van der Waals surface area contributed by atoms with Gasteiger partial charge in [-0.1, -0.05) is 13.3 Å². The van der Waals surface area contributed by atoms with E-state index >= 15 is 0 Å². The van der Waals surface area contributed by atoms with Crippen LogP contribution in [0.2, 0.25) is 0 Å². The second-order valence-corrected chi connectivity index (χ2v) is 5.01. The van der Waals surface area contributed by atoms with Gasteiger partial charge in [-0.05, 0) is 19.1 Å². The fraction of sp³-hybridized carbons (Fsp3) is 0.818. The van der Waals surface area contributed by atoms with Crippen molar-refractivity contribution in [3.8, 4) is 0 Å². The summed E-state index contributed by atoms with van der Waals surface area (Å²) in [6.07, 6.45) is 2.81. The van der Waals surface area contributed by atoms with Gasteiger partial charge < -0.3 is 10.4 Å². The van der Waals surface area contributed by atoms with Crippen LogP contribution in [0.4, 0.5) is 0 Å². The van der Waals surface area contributed by atoms with Gasteiger partial charge >= 0.3 is 5.97 Å². The van der Waals surface area contributed by atoms with Gasteiger partial charge in [-0.3, -0.25) is 9.59 Å². The lowest BCUT2D eigenvalue weighted by molar-refractivity contribution is -0.137. The number of carboxylic acid groups (broad SMARTS) is 1. The van der Waals surface area contributed by atoms with E-state index < -0.39 is 5.97 Å². The average Bonchev–Trinajstić information content (AvgIpc) is 2.15. The number of hydrogen-bond acceptors (Lipinski definition) is 3. The lowest BCUT2D eigenvalue weighted by Crippen LogP contribution is -2.34. The first-order chi connectivity index (χ1) is 7.56. The second kappa shape index (κ2) is 9.51. The van der Waals surface area contributed by atoms with Crippen molar-refractivity contribution in [1.29, 1.82) is 0 Å². The fourth-order valence-corrected chi connectivity index (χ4v) is 2.20. The summed E-state index contributed by atoms with van der Waals surface area (Å²) in [6, 6.07) is -0.286. The number of aliphatic carboxylic acids is 1. The average molecular weight is 247 g/mol. The Labute approximate surface area is 101 Å². The first-order valence-corrected chi connectivity index (χ1v) is 6.80. The third-order valence-electron chi connectivity index (χ3n) is 2.00. The van der Waals surface area contributed by atoms with Crippen LogP contribution in [0.3, 0.4) is 0 Å². The molecule has 0 bridgehead atoms. The van der Waals surface area contributed by atoms with E-state index in [1.54, 1.807) is 18.7 Å². The van der Waals surface area contributed by atoms with Crippen LogP contribution < -0.4 is 5.32 Å². The number of thioether (sulfide) groups is 1. The van der Waals surface area contributed by atoms with E-state index in [1.807, 2.05) is 0 Å². The van der Waals surface area contributed by atoms with Crippen molar-refractivity contribution < 1.29 is 14.7 Å². The highest BCUT2D eigenvalue weighted by Crippen LogP contribution is 2.06. The van der Waals surface area contributed by atoms with Crippen molar-refractivity contribution in [3.63, 3.8) is 0 Å². The zero-order valence-electron chi connectivity index (χ0n) is 9.99. The Morgan fingerprint density at radius 2 is 2.06 bits per heavy atom. The van der Waals surface area contributed by atoms with Crippen molar-refractivity contribution in [2.45, 2.75) is 45.6 Å². The van der Waals surface area contributed by atoms with Gasteiger partial charge in [0.15, 0.2) is 0 Å². The van der Waals surface area contributed by atoms with E-state index in [1.165, 1.54) is 12.8 Å². The molecule has 4 nitrogen and oxygen atoms in total. The van der Waals surface area contributed by atoms with Crippen molar-refractivity contribution in [1.82, 2.24) is 5.32 Å². The summed E-state index contributed by atoms with van der Waals surface area (Å²) in [4.78, 5) is 21.7. The highest BCUT2D eigenvalue weighted by atomic mass is 32.2. The molecular formula is C11H21NO3S. The zero-order valence-corrected chi connectivity index (χ0v) is 10.8. The van der Waals surface area contributed by atoms with E-state index in [0.717, 1.165) is 11.5 Å². The van der Waals surface area contributed by atoms with Gasteiger partial charge in [0.1, 0.15) is 0 Å².